The predicted octanol–water partition coefficient (Wildman–Crippen LogP) is 3.35. The van der Waals surface area contributed by atoms with Crippen LogP contribution in [-0.2, 0) is 25.7 Å². The highest BCUT2D eigenvalue weighted by molar-refractivity contribution is 6.30. The molecule has 19 nitrogen and oxygen atoms in total. The number of piperazine rings is 1. The first-order valence-corrected chi connectivity index (χ1v) is 21.2. The molecule has 8 rings (SSSR count). The van der Waals surface area contributed by atoms with Gasteiger partial charge >= 0.3 is 6.03 Å². The molecule has 0 radical (unpaired) electrons. The van der Waals surface area contributed by atoms with Gasteiger partial charge < -0.3 is 35.2 Å². The first-order chi connectivity index (χ1) is 29.7. The van der Waals surface area contributed by atoms with Crippen molar-refractivity contribution in [2.75, 3.05) is 74.6 Å². The second-order valence-corrected chi connectivity index (χ2v) is 16.0. The Morgan fingerprint density at radius 1 is 0.902 bits per heavy atom. The van der Waals surface area contributed by atoms with Crippen LogP contribution in [0.15, 0.2) is 43.0 Å². The van der Waals surface area contributed by atoms with Crippen molar-refractivity contribution < 1.29 is 33.4 Å². The van der Waals surface area contributed by atoms with E-state index < -0.39 is 18.0 Å². The van der Waals surface area contributed by atoms with Crippen molar-refractivity contribution in [3.8, 4) is 5.88 Å². The minimum absolute atomic E-state index is 0.104. The smallest absolute Gasteiger partial charge is 0.323 e. The summed E-state index contributed by atoms with van der Waals surface area (Å²) in [5.41, 5.74) is 4.21. The molecule has 3 fully saturated rings. The summed E-state index contributed by atoms with van der Waals surface area (Å²) >= 11 is 6.22. The summed E-state index contributed by atoms with van der Waals surface area (Å²) in [6.45, 7) is 5.47. The summed E-state index contributed by atoms with van der Waals surface area (Å²) in [5.74, 6) is -0.231. The Labute approximate surface area is 356 Å². The topological polar surface area (TPSA) is 218 Å². The summed E-state index contributed by atoms with van der Waals surface area (Å²) in [5, 5.41) is 15.5. The number of fused-ring (bicyclic) bond motifs is 2. The molecule has 4 aliphatic rings. The van der Waals surface area contributed by atoms with Crippen LogP contribution in [0.4, 0.5) is 21.9 Å². The van der Waals surface area contributed by atoms with E-state index in [1.165, 1.54) is 18.9 Å². The van der Waals surface area contributed by atoms with E-state index >= 15 is 0 Å². The normalized spacial score (nSPS) is 18.6. The van der Waals surface area contributed by atoms with Crippen LogP contribution in [0.2, 0.25) is 5.02 Å². The van der Waals surface area contributed by atoms with Gasteiger partial charge in [-0.1, -0.05) is 30.9 Å². The first-order valence-electron chi connectivity index (χ1n) is 20.8. The monoisotopic (exact) mass is 856 g/mol. The summed E-state index contributed by atoms with van der Waals surface area (Å²) in [6, 6.07) is 6.21. The zero-order chi connectivity index (χ0) is 42.3. The van der Waals surface area contributed by atoms with E-state index in [4.69, 9.17) is 21.1 Å². The number of piperidine rings is 1. The van der Waals surface area contributed by atoms with Gasteiger partial charge in [0.25, 0.3) is 11.7 Å². The molecule has 322 valence electrons. The molecule has 2 saturated heterocycles. The number of hydrogen-bond acceptors (Lipinski definition) is 13. The van der Waals surface area contributed by atoms with Gasteiger partial charge in [0.05, 0.1) is 42.4 Å². The summed E-state index contributed by atoms with van der Waals surface area (Å²) in [6.07, 6.45) is 10.6. The molecule has 1 aromatic carbocycles. The Bertz CT molecular complexity index is 2280. The van der Waals surface area contributed by atoms with E-state index in [9.17, 15) is 24.0 Å². The molecule has 0 bridgehead atoms. The summed E-state index contributed by atoms with van der Waals surface area (Å²) in [4.78, 5) is 81.8. The van der Waals surface area contributed by atoms with Crippen molar-refractivity contribution in [3.63, 3.8) is 0 Å². The second kappa shape index (κ2) is 19.2. The molecule has 3 aliphatic heterocycles. The van der Waals surface area contributed by atoms with Gasteiger partial charge in [0.15, 0.2) is 0 Å². The number of rotatable bonds is 15. The molecular formula is C41H49ClN12O7. The third-order valence-corrected chi connectivity index (χ3v) is 11.8. The molecule has 1 saturated carbocycles. The number of halogens is 1. The van der Waals surface area contributed by atoms with E-state index in [1.807, 2.05) is 18.2 Å². The fourth-order valence-corrected chi connectivity index (χ4v) is 8.60. The van der Waals surface area contributed by atoms with Crippen LogP contribution in [0.3, 0.4) is 0 Å². The van der Waals surface area contributed by atoms with Crippen LogP contribution < -0.4 is 30.9 Å². The lowest BCUT2D eigenvalue weighted by Crippen LogP contribution is -2.52. The van der Waals surface area contributed by atoms with Crippen molar-refractivity contribution in [1.82, 2.24) is 45.0 Å². The number of urea groups is 1. The number of nitrogens with one attached hydrogen (secondary N) is 4. The quantitative estimate of drug-likeness (QED) is 0.0998. The molecule has 1 aliphatic carbocycles. The van der Waals surface area contributed by atoms with Gasteiger partial charge in [0, 0.05) is 75.5 Å². The minimum atomic E-state index is -0.631. The molecule has 3 aromatic heterocycles. The molecule has 6 amide bonds. The molecule has 1 unspecified atom stereocenters. The van der Waals surface area contributed by atoms with Crippen LogP contribution in [0, 0.1) is 0 Å². The highest BCUT2D eigenvalue weighted by Gasteiger charge is 2.39. The maximum atomic E-state index is 13.3. The fraction of sp³-hybridized carbons (Fsp3) is 0.488. The van der Waals surface area contributed by atoms with Crippen molar-refractivity contribution in [2.45, 2.75) is 69.9 Å². The van der Waals surface area contributed by atoms with Gasteiger partial charge in [-0.2, -0.15) is 14.6 Å². The highest BCUT2D eigenvalue weighted by Crippen LogP contribution is 2.36. The van der Waals surface area contributed by atoms with E-state index in [0.29, 0.717) is 41.6 Å². The lowest BCUT2D eigenvalue weighted by Gasteiger charge is -2.36. The molecular weight excluding hydrogens is 808 g/mol. The van der Waals surface area contributed by atoms with E-state index in [1.54, 1.807) is 21.7 Å². The molecule has 4 aromatic rings. The van der Waals surface area contributed by atoms with E-state index in [-0.39, 0.29) is 67.8 Å². The summed E-state index contributed by atoms with van der Waals surface area (Å²) in [7, 11) is 0. The fourth-order valence-electron chi connectivity index (χ4n) is 8.44. The number of aromatic nitrogens is 5. The van der Waals surface area contributed by atoms with Crippen molar-refractivity contribution in [3.05, 3.63) is 64.8 Å². The van der Waals surface area contributed by atoms with Gasteiger partial charge in [-0.15, -0.1) is 0 Å². The van der Waals surface area contributed by atoms with Gasteiger partial charge in [0.2, 0.25) is 23.6 Å². The molecule has 0 spiro atoms. The number of benzene rings is 1. The van der Waals surface area contributed by atoms with Crippen molar-refractivity contribution in [2.24, 2.45) is 0 Å². The van der Waals surface area contributed by atoms with Crippen LogP contribution >= 0.6 is 11.6 Å². The number of hydrogen-bond donors (Lipinski definition) is 4. The zero-order valence-electron chi connectivity index (χ0n) is 33.7. The molecule has 6 heterocycles. The molecule has 4 N–H and O–H groups in total. The van der Waals surface area contributed by atoms with Crippen molar-refractivity contribution >= 4 is 64.1 Å². The predicted molar refractivity (Wildman–Crippen MR) is 224 cm³/mol. The SMILES string of the molecule is O=C(CCOCCN1CCN(c2ccc3c(c2)CN(C2CCC(=O)NC2=O)C3=O)CC1)NCCOc1ncc(Cl)cc1NC(=O)Nc1cnc2ncnn2c1C1CCCCC1. The third-order valence-electron chi connectivity index (χ3n) is 11.6. The van der Waals surface area contributed by atoms with Crippen LogP contribution in [-0.4, -0.2) is 129 Å². The number of pyridine rings is 1. The second-order valence-electron chi connectivity index (χ2n) is 15.6. The average molecular weight is 857 g/mol. The largest absolute Gasteiger partial charge is 0.474 e. The molecule has 20 heteroatoms. The molecule has 1 atom stereocenters. The summed E-state index contributed by atoms with van der Waals surface area (Å²) < 4.78 is 13.3. The number of amides is 6. The number of ether oxygens (including phenoxy) is 2. The number of anilines is 3. The van der Waals surface area contributed by atoms with E-state index in [0.717, 1.165) is 75.4 Å². The number of imide groups is 1. The van der Waals surface area contributed by atoms with Crippen LogP contribution in [0.5, 0.6) is 5.88 Å². The number of nitrogens with zero attached hydrogens (tertiary/aromatic N) is 8. The Morgan fingerprint density at radius 2 is 1.72 bits per heavy atom. The van der Waals surface area contributed by atoms with Gasteiger partial charge in [-0.3, -0.25) is 29.4 Å². The first kappa shape index (κ1) is 41.8. The van der Waals surface area contributed by atoms with Gasteiger partial charge in [-0.25, -0.2) is 14.8 Å². The Balaban J connectivity index is 0.717. The lowest BCUT2D eigenvalue weighted by molar-refractivity contribution is -0.137. The number of carbonyl (C=O) groups excluding carboxylic acids is 5. The maximum Gasteiger partial charge on any atom is 0.323 e. The Morgan fingerprint density at radius 3 is 2.54 bits per heavy atom. The lowest BCUT2D eigenvalue weighted by atomic mass is 9.86. The zero-order valence-corrected chi connectivity index (χ0v) is 34.5. The van der Waals surface area contributed by atoms with Crippen molar-refractivity contribution in [1.29, 1.82) is 0 Å². The van der Waals surface area contributed by atoms with Crippen LogP contribution in [0.1, 0.15) is 78.9 Å². The van der Waals surface area contributed by atoms with Crippen LogP contribution in [0.25, 0.3) is 5.78 Å². The maximum absolute atomic E-state index is 13.3. The Hall–Kier alpha value is -5.92. The third kappa shape index (κ3) is 10.0. The molecule has 61 heavy (non-hydrogen) atoms. The average Bonchev–Trinajstić information content (AvgIpc) is 3.87. The highest BCUT2D eigenvalue weighted by atomic mass is 35.5. The Kier molecular flexibility index (Phi) is 13.2. The number of carbonyl (C=O) groups is 5. The minimum Gasteiger partial charge on any atom is -0.474 e. The van der Waals surface area contributed by atoms with Gasteiger partial charge in [0.1, 0.15) is 24.7 Å². The van der Waals surface area contributed by atoms with E-state index in [2.05, 4.69) is 51.1 Å². The standard InChI is InChI=1S/C41H49ClN12O7/c42-28-21-31(48-41(59)49-32-23-45-40-46-25-47-54(40)36(32)26-4-2-1-3-5-26)38(44-22-28)61-18-11-43-34(55)10-17-60-19-16-51-12-14-52(15-13-51)29-6-7-30-27(20-29)24-53(39(30)58)33-8-9-35(56)50-37(33)57/h6-7,20-23,25-26,33H,1-5,8-19,24H2,(H,43,55)(H2,48,49,59)(H,50,56,57). The van der Waals surface area contributed by atoms with Gasteiger partial charge in [-0.05, 0) is 49.1 Å².